The van der Waals surface area contributed by atoms with E-state index in [1.54, 1.807) is 28.4 Å². The van der Waals surface area contributed by atoms with E-state index in [-0.39, 0.29) is 0 Å². The highest BCUT2D eigenvalue weighted by molar-refractivity contribution is 9.10. The summed E-state index contributed by atoms with van der Waals surface area (Å²) in [6.07, 6.45) is 0. The van der Waals surface area contributed by atoms with Gasteiger partial charge in [0.1, 0.15) is 23.0 Å². The van der Waals surface area contributed by atoms with Crippen molar-refractivity contribution in [3.63, 3.8) is 0 Å². The highest BCUT2D eigenvalue weighted by Crippen LogP contribution is 2.41. The summed E-state index contributed by atoms with van der Waals surface area (Å²) in [7, 11) is 6.73. The number of hydrogen-bond acceptors (Lipinski definition) is 6. The standard InChI is InChI=1S/C52H43BrN2O4/c1-56-49-25-17-45(18-26-49)54(46-19-27-50(57-2)28-20-46)43-13-7-37(8-14-43)40-33-39(36-5-11-42(53)12-6-36)34-41(35-40)38-9-15-44(16-10-38)55(47-21-29-51(58-3)30-22-47)48-23-31-52(59-4)32-24-48/h5-35H,1-4H3. The lowest BCUT2D eigenvalue weighted by Crippen LogP contribution is -2.09. The highest BCUT2D eigenvalue weighted by Gasteiger charge is 2.16. The molecule has 0 N–H and O–H groups in total. The van der Waals surface area contributed by atoms with Crippen LogP contribution in [0.4, 0.5) is 34.1 Å². The maximum atomic E-state index is 5.46. The van der Waals surface area contributed by atoms with Crippen LogP contribution in [0, 0.1) is 0 Å². The van der Waals surface area contributed by atoms with Gasteiger partial charge in [-0.25, -0.2) is 0 Å². The molecule has 59 heavy (non-hydrogen) atoms. The van der Waals surface area contributed by atoms with E-state index in [9.17, 15) is 0 Å². The minimum atomic E-state index is 0.807. The quantitative estimate of drug-likeness (QED) is 0.115. The van der Waals surface area contributed by atoms with Crippen LogP contribution in [-0.2, 0) is 0 Å². The summed E-state index contributed by atoms with van der Waals surface area (Å²) < 4.78 is 22.9. The van der Waals surface area contributed by atoms with Crippen molar-refractivity contribution in [2.45, 2.75) is 0 Å². The third-order valence-corrected chi connectivity index (χ3v) is 10.9. The van der Waals surface area contributed by atoms with Gasteiger partial charge >= 0.3 is 0 Å². The molecule has 0 radical (unpaired) electrons. The Bertz CT molecular complexity index is 2360. The van der Waals surface area contributed by atoms with Gasteiger partial charge in [-0.05, 0) is 185 Å². The number of hydrogen-bond donors (Lipinski definition) is 0. The van der Waals surface area contributed by atoms with Gasteiger partial charge in [0.15, 0.2) is 0 Å². The van der Waals surface area contributed by atoms with Crippen molar-refractivity contribution in [2.75, 3.05) is 38.2 Å². The first-order chi connectivity index (χ1) is 28.9. The van der Waals surface area contributed by atoms with Crippen molar-refractivity contribution < 1.29 is 18.9 Å². The van der Waals surface area contributed by atoms with Crippen LogP contribution in [0.2, 0.25) is 0 Å². The fourth-order valence-corrected chi connectivity index (χ4v) is 7.46. The average Bonchev–Trinajstić information content (AvgIpc) is 3.30. The Morgan fingerprint density at radius 1 is 0.271 bits per heavy atom. The molecule has 0 aliphatic heterocycles. The number of rotatable bonds is 13. The zero-order valence-electron chi connectivity index (χ0n) is 33.3. The molecule has 0 atom stereocenters. The molecule has 0 unspecified atom stereocenters. The van der Waals surface area contributed by atoms with E-state index < -0.39 is 0 Å². The maximum absolute atomic E-state index is 5.46. The molecule has 0 aromatic heterocycles. The molecule has 0 fully saturated rings. The van der Waals surface area contributed by atoms with E-state index in [0.717, 1.165) is 95.0 Å². The topological polar surface area (TPSA) is 43.4 Å². The normalized spacial score (nSPS) is 10.8. The molecular weight excluding hydrogens is 796 g/mol. The predicted octanol–water partition coefficient (Wildman–Crippen LogP) is 14.4. The van der Waals surface area contributed by atoms with E-state index >= 15 is 0 Å². The zero-order valence-corrected chi connectivity index (χ0v) is 34.9. The Morgan fingerprint density at radius 2 is 0.475 bits per heavy atom. The number of ether oxygens (including phenoxy) is 4. The van der Waals surface area contributed by atoms with Crippen molar-refractivity contribution in [1.29, 1.82) is 0 Å². The zero-order chi connectivity index (χ0) is 40.7. The van der Waals surface area contributed by atoms with Gasteiger partial charge in [0.05, 0.1) is 28.4 Å². The molecule has 0 amide bonds. The Labute approximate surface area is 354 Å². The SMILES string of the molecule is COc1ccc(N(c2ccc(OC)cc2)c2ccc(-c3cc(-c4ccc(Br)cc4)cc(-c4ccc(N(c5ccc(OC)cc5)c5ccc(OC)cc5)cc4)c3)cc2)cc1. The van der Waals surface area contributed by atoms with Gasteiger partial charge in [0.2, 0.25) is 0 Å². The average molecular weight is 840 g/mol. The third-order valence-electron chi connectivity index (χ3n) is 10.4. The summed E-state index contributed by atoms with van der Waals surface area (Å²) in [6, 6.07) is 65.3. The van der Waals surface area contributed by atoms with Crippen molar-refractivity contribution >= 4 is 50.1 Å². The minimum Gasteiger partial charge on any atom is -0.497 e. The monoisotopic (exact) mass is 838 g/mol. The fourth-order valence-electron chi connectivity index (χ4n) is 7.20. The van der Waals surface area contributed by atoms with Crippen molar-refractivity contribution in [3.05, 3.63) is 193 Å². The number of benzene rings is 8. The van der Waals surface area contributed by atoms with E-state index in [2.05, 4.69) is 165 Å². The summed E-state index contributed by atoms with van der Waals surface area (Å²) in [4.78, 5) is 4.46. The molecule has 8 aromatic carbocycles. The summed E-state index contributed by atoms with van der Waals surface area (Å²) in [5.41, 5.74) is 12.9. The number of halogens is 1. The molecule has 292 valence electrons. The van der Waals surface area contributed by atoms with E-state index in [0.29, 0.717) is 0 Å². The van der Waals surface area contributed by atoms with Gasteiger partial charge in [-0.2, -0.15) is 0 Å². The number of methoxy groups -OCH3 is 4. The van der Waals surface area contributed by atoms with Crippen LogP contribution in [0.3, 0.4) is 0 Å². The Kier molecular flexibility index (Phi) is 11.6. The lowest BCUT2D eigenvalue weighted by Gasteiger charge is -2.26. The molecule has 7 heteroatoms. The van der Waals surface area contributed by atoms with Crippen molar-refractivity contribution in [1.82, 2.24) is 0 Å². The first kappa shape index (κ1) is 38.9. The van der Waals surface area contributed by atoms with Crippen LogP contribution in [0.5, 0.6) is 23.0 Å². The summed E-state index contributed by atoms with van der Waals surface area (Å²) >= 11 is 3.62. The van der Waals surface area contributed by atoms with Crippen LogP contribution < -0.4 is 28.7 Å². The van der Waals surface area contributed by atoms with Crippen LogP contribution in [0.15, 0.2) is 193 Å². The Hall–Kier alpha value is -6.96. The maximum Gasteiger partial charge on any atom is 0.119 e. The molecule has 6 nitrogen and oxygen atoms in total. The Morgan fingerprint density at radius 3 is 0.695 bits per heavy atom. The summed E-state index contributed by atoms with van der Waals surface area (Å²) in [5, 5.41) is 0. The molecule has 0 aliphatic rings. The number of nitrogens with zero attached hydrogens (tertiary/aromatic N) is 2. The largest absolute Gasteiger partial charge is 0.497 e. The van der Waals surface area contributed by atoms with E-state index in [1.165, 1.54) is 0 Å². The number of anilines is 6. The molecule has 0 heterocycles. The predicted molar refractivity (Wildman–Crippen MR) is 246 cm³/mol. The highest BCUT2D eigenvalue weighted by atomic mass is 79.9. The smallest absolute Gasteiger partial charge is 0.119 e. The Balaban J connectivity index is 1.17. The molecule has 0 saturated heterocycles. The van der Waals surface area contributed by atoms with Gasteiger partial charge in [-0.1, -0.05) is 52.3 Å². The van der Waals surface area contributed by atoms with E-state index in [1.807, 2.05) is 48.5 Å². The third kappa shape index (κ3) is 8.66. The van der Waals surface area contributed by atoms with Gasteiger partial charge in [-0.3, -0.25) is 0 Å². The van der Waals surface area contributed by atoms with Gasteiger partial charge in [0.25, 0.3) is 0 Å². The second-order valence-electron chi connectivity index (χ2n) is 13.9. The van der Waals surface area contributed by atoms with Crippen LogP contribution in [0.25, 0.3) is 33.4 Å². The first-order valence-corrected chi connectivity index (χ1v) is 20.0. The van der Waals surface area contributed by atoms with Crippen molar-refractivity contribution in [3.8, 4) is 56.4 Å². The second-order valence-corrected chi connectivity index (χ2v) is 14.8. The van der Waals surface area contributed by atoms with Gasteiger partial charge in [0, 0.05) is 38.6 Å². The van der Waals surface area contributed by atoms with E-state index in [4.69, 9.17) is 18.9 Å². The van der Waals surface area contributed by atoms with Crippen LogP contribution in [0.1, 0.15) is 0 Å². The fraction of sp³-hybridized carbons (Fsp3) is 0.0769. The summed E-state index contributed by atoms with van der Waals surface area (Å²) in [5.74, 6) is 3.23. The minimum absolute atomic E-state index is 0.807. The molecule has 8 aromatic rings. The lowest BCUT2D eigenvalue weighted by molar-refractivity contribution is 0.414. The molecule has 8 rings (SSSR count). The second kappa shape index (κ2) is 17.7. The van der Waals surface area contributed by atoms with Gasteiger partial charge < -0.3 is 28.7 Å². The molecule has 0 spiro atoms. The van der Waals surface area contributed by atoms with Crippen LogP contribution in [-0.4, -0.2) is 28.4 Å². The van der Waals surface area contributed by atoms with Gasteiger partial charge in [-0.15, -0.1) is 0 Å². The van der Waals surface area contributed by atoms with Crippen LogP contribution >= 0.6 is 15.9 Å². The summed E-state index contributed by atoms with van der Waals surface area (Å²) in [6.45, 7) is 0. The first-order valence-electron chi connectivity index (χ1n) is 19.2. The molecular formula is C52H43BrN2O4. The van der Waals surface area contributed by atoms with Crippen molar-refractivity contribution in [2.24, 2.45) is 0 Å². The lowest BCUT2D eigenvalue weighted by atomic mass is 9.93. The molecule has 0 saturated carbocycles. The molecule has 0 bridgehead atoms. The molecule has 0 aliphatic carbocycles.